The summed E-state index contributed by atoms with van der Waals surface area (Å²) in [5.74, 6) is -1.46. The first-order valence-corrected chi connectivity index (χ1v) is 6.99. The summed E-state index contributed by atoms with van der Waals surface area (Å²) in [7, 11) is 0.0972. The van der Waals surface area contributed by atoms with E-state index in [1.807, 2.05) is 0 Å². The van der Waals surface area contributed by atoms with E-state index < -0.39 is 50.4 Å². The van der Waals surface area contributed by atoms with E-state index in [-0.39, 0.29) is 6.07 Å². The van der Waals surface area contributed by atoms with Crippen molar-refractivity contribution in [2.75, 3.05) is 0 Å². The molecule has 1 aromatic heterocycles. The second-order valence-corrected chi connectivity index (χ2v) is 5.85. The molecular formula is C8H6ClF5N2O3S. The van der Waals surface area contributed by atoms with Crippen LogP contribution < -0.4 is 10.5 Å². The van der Waals surface area contributed by atoms with Crippen molar-refractivity contribution in [3.05, 3.63) is 17.3 Å². The van der Waals surface area contributed by atoms with E-state index >= 15 is 0 Å². The maximum absolute atomic E-state index is 12.7. The molecule has 0 aliphatic carbocycles. The van der Waals surface area contributed by atoms with Crippen LogP contribution in [0.5, 0.6) is 5.88 Å². The number of aromatic nitrogens is 1. The van der Waals surface area contributed by atoms with Gasteiger partial charge in [0.2, 0.25) is 5.88 Å². The number of pyridine rings is 1. The molecule has 0 aliphatic rings. The highest BCUT2D eigenvalue weighted by atomic mass is 35.7. The summed E-state index contributed by atoms with van der Waals surface area (Å²) in [5, 5.41) is 0. The number of nitrogens with two attached hydrogens (primary N) is 1. The van der Waals surface area contributed by atoms with Crippen molar-refractivity contribution in [3.8, 4) is 5.88 Å². The molecule has 0 aromatic carbocycles. The highest BCUT2D eigenvalue weighted by molar-refractivity contribution is 8.13. The smallest absolute Gasteiger partial charge is 0.386 e. The van der Waals surface area contributed by atoms with Crippen LogP contribution in [0.2, 0.25) is 0 Å². The standard InChI is InChI=1S/C8H6ClF5N2O3S/c9-20(17,18)5-1-3(6(10)11)4(2-15)16-7(5)19-8(12,13)14/h1,6H,2,15H2. The van der Waals surface area contributed by atoms with E-state index in [1.54, 1.807) is 0 Å². The fraction of sp³-hybridized carbons (Fsp3) is 0.375. The first-order chi connectivity index (χ1) is 8.95. The van der Waals surface area contributed by atoms with Crippen LogP contribution in [0.15, 0.2) is 11.0 Å². The van der Waals surface area contributed by atoms with Crippen LogP contribution in [0.4, 0.5) is 22.0 Å². The topological polar surface area (TPSA) is 82.3 Å². The van der Waals surface area contributed by atoms with E-state index in [0.29, 0.717) is 0 Å². The van der Waals surface area contributed by atoms with Gasteiger partial charge >= 0.3 is 6.36 Å². The quantitative estimate of drug-likeness (QED) is 0.672. The summed E-state index contributed by atoms with van der Waals surface area (Å²) in [5.41, 5.74) is 3.49. The van der Waals surface area contributed by atoms with Crippen LogP contribution >= 0.6 is 10.7 Å². The molecule has 5 nitrogen and oxygen atoms in total. The van der Waals surface area contributed by atoms with Gasteiger partial charge in [0.1, 0.15) is 4.90 Å². The SMILES string of the molecule is NCc1nc(OC(F)(F)F)c(S(=O)(=O)Cl)cc1C(F)F. The molecule has 0 saturated carbocycles. The second-order valence-electron chi connectivity index (χ2n) is 3.32. The van der Waals surface area contributed by atoms with E-state index in [1.165, 1.54) is 0 Å². The fourth-order valence-electron chi connectivity index (χ4n) is 1.24. The zero-order valence-corrected chi connectivity index (χ0v) is 10.9. The van der Waals surface area contributed by atoms with Gasteiger partial charge in [-0.1, -0.05) is 0 Å². The Balaban J connectivity index is 3.56. The molecule has 0 fully saturated rings. The molecule has 0 aliphatic heterocycles. The molecular weight excluding hydrogens is 335 g/mol. The number of ether oxygens (including phenoxy) is 1. The van der Waals surface area contributed by atoms with E-state index in [2.05, 4.69) is 9.72 Å². The van der Waals surface area contributed by atoms with Crippen molar-refractivity contribution in [1.82, 2.24) is 4.98 Å². The van der Waals surface area contributed by atoms with E-state index in [4.69, 9.17) is 16.4 Å². The molecule has 1 heterocycles. The maximum Gasteiger partial charge on any atom is 0.574 e. The third kappa shape index (κ3) is 4.15. The molecule has 1 aromatic rings. The summed E-state index contributed by atoms with van der Waals surface area (Å²) < 4.78 is 87.3. The fourth-order valence-corrected chi connectivity index (χ4v) is 2.13. The van der Waals surface area contributed by atoms with Crippen molar-refractivity contribution in [2.45, 2.75) is 24.2 Å². The van der Waals surface area contributed by atoms with Gasteiger partial charge in [-0.15, -0.1) is 13.2 Å². The van der Waals surface area contributed by atoms with Gasteiger partial charge in [0, 0.05) is 22.8 Å². The Bertz CT molecular complexity index is 605. The number of rotatable bonds is 4. The minimum atomic E-state index is -5.28. The minimum absolute atomic E-state index is 0.253. The Kier molecular flexibility index (Phi) is 4.77. The van der Waals surface area contributed by atoms with E-state index in [0.717, 1.165) is 0 Å². The van der Waals surface area contributed by atoms with Gasteiger partial charge < -0.3 is 10.5 Å². The molecule has 0 atom stereocenters. The number of hydrogen-bond acceptors (Lipinski definition) is 5. The monoisotopic (exact) mass is 340 g/mol. The average molecular weight is 341 g/mol. The second kappa shape index (κ2) is 5.66. The first-order valence-electron chi connectivity index (χ1n) is 4.68. The van der Waals surface area contributed by atoms with Crippen molar-refractivity contribution >= 4 is 19.7 Å². The molecule has 114 valence electrons. The summed E-state index contributed by atoms with van der Waals surface area (Å²) in [4.78, 5) is 1.74. The number of halogens is 6. The zero-order valence-electron chi connectivity index (χ0n) is 9.29. The van der Waals surface area contributed by atoms with Crippen LogP contribution in [-0.4, -0.2) is 19.8 Å². The molecule has 1 rings (SSSR count). The highest BCUT2D eigenvalue weighted by Crippen LogP contribution is 2.34. The number of alkyl halides is 5. The molecule has 0 radical (unpaired) electrons. The van der Waals surface area contributed by atoms with Gasteiger partial charge in [-0.3, -0.25) is 0 Å². The minimum Gasteiger partial charge on any atom is -0.386 e. The Labute approximate surface area is 113 Å². The van der Waals surface area contributed by atoms with Gasteiger partial charge in [-0.05, 0) is 6.07 Å². The molecule has 0 spiro atoms. The Morgan fingerprint density at radius 2 is 1.95 bits per heavy atom. The molecule has 12 heteroatoms. The van der Waals surface area contributed by atoms with Gasteiger partial charge in [0.15, 0.2) is 0 Å². The van der Waals surface area contributed by atoms with Crippen LogP contribution in [-0.2, 0) is 15.6 Å². The number of nitrogens with zero attached hydrogens (tertiary/aromatic N) is 1. The van der Waals surface area contributed by atoms with Gasteiger partial charge in [-0.2, -0.15) is 0 Å². The van der Waals surface area contributed by atoms with Crippen LogP contribution in [0.3, 0.4) is 0 Å². The van der Waals surface area contributed by atoms with Crippen LogP contribution in [0.25, 0.3) is 0 Å². The zero-order chi connectivity index (χ0) is 15.7. The molecule has 0 bridgehead atoms. The Morgan fingerprint density at radius 1 is 1.40 bits per heavy atom. The largest absolute Gasteiger partial charge is 0.574 e. The predicted octanol–water partition coefficient (Wildman–Crippen LogP) is 2.30. The molecule has 0 amide bonds. The van der Waals surface area contributed by atoms with E-state index in [9.17, 15) is 30.4 Å². The Morgan fingerprint density at radius 3 is 2.30 bits per heavy atom. The normalized spacial score (nSPS) is 12.8. The lowest BCUT2D eigenvalue weighted by atomic mass is 10.2. The third-order valence-electron chi connectivity index (χ3n) is 1.97. The van der Waals surface area contributed by atoms with Crippen molar-refractivity contribution in [3.63, 3.8) is 0 Å². The van der Waals surface area contributed by atoms with Crippen LogP contribution in [0.1, 0.15) is 17.7 Å². The lowest BCUT2D eigenvalue weighted by Gasteiger charge is -2.14. The van der Waals surface area contributed by atoms with Crippen molar-refractivity contribution in [2.24, 2.45) is 5.73 Å². The van der Waals surface area contributed by atoms with Gasteiger partial charge in [0.25, 0.3) is 15.5 Å². The highest BCUT2D eigenvalue weighted by Gasteiger charge is 2.36. The lowest BCUT2D eigenvalue weighted by molar-refractivity contribution is -0.277. The predicted molar refractivity (Wildman–Crippen MR) is 56.8 cm³/mol. The molecule has 0 saturated heterocycles. The molecule has 2 N–H and O–H groups in total. The summed E-state index contributed by atoms with van der Waals surface area (Å²) in [6.07, 6.45) is -8.47. The van der Waals surface area contributed by atoms with Crippen LogP contribution in [0, 0.1) is 0 Å². The third-order valence-corrected chi connectivity index (χ3v) is 3.29. The first kappa shape index (κ1) is 16.9. The summed E-state index contributed by atoms with van der Waals surface area (Å²) in [6.45, 7) is -0.642. The Hall–Kier alpha value is -1.20. The molecule has 20 heavy (non-hydrogen) atoms. The average Bonchev–Trinajstić information content (AvgIpc) is 2.24. The van der Waals surface area contributed by atoms with Gasteiger partial charge in [0.05, 0.1) is 5.69 Å². The number of hydrogen-bond donors (Lipinski definition) is 1. The van der Waals surface area contributed by atoms with Gasteiger partial charge in [-0.25, -0.2) is 22.2 Å². The molecule has 0 unspecified atom stereocenters. The maximum atomic E-state index is 12.7. The lowest BCUT2D eigenvalue weighted by Crippen LogP contribution is -2.21. The van der Waals surface area contributed by atoms with Crippen molar-refractivity contribution < 1.29 is 35.1 Å². The summed E-state index contributed by atoms with van der Waals surface area (Å²) in [6, 6.07) is 0.253. The van der Waals surface area contributed by atoms with Crippen molar-refractivity contribution in [1.29, 1.82) is 0 Å². The summed E-state index contributed by atoms with van der Waals surface area (Å²) >= 11 is 0.